The van der Waals surface area contributed by atoms with E-state index in [1.54, 1.807) is 6.07 Å². The predicted molar refractivity (Wildman–Crippen MR) is 166 cm³/mol. The second kappa shape index (κ2) is 12.7. The lowest BCUT2D eigenvalue weighted by Gasteiger charge is -2.32. The summed E-state index contributed by atoms with van der Waals surface area (Å²) in [5, 5.41) is 11.9. The Morgan fingerprint density at radius 3 is 2.48 bits per heavy atom. The number of anilines is 1. The fourth-order valence-electron chi connectivity index (χ4n) is 5.21. The highest BCUT2D eigenvalue weighted by molar-refractivity contribution is 9.10. The molecule has 3 N–H and O–H groups in total. The number of halogens is 2. The molecule has 2 atom stereocenters. The van der Waals surface area contributed by atoms with Crippen molar-refractivity contribution in [1.29, 1.82) is 0 Å². The van der Waals surface area contributed by atoms with Gasteiger partial charge >= 0.3 is 0 Å². The largest absolute Gasteiger partial charge is 0.491 e. The molecule has 0 spiro atoms. The molecular formula is C32H39BrFN5O3. The van der Waals surface area contributed by atoms with Crippen LogP contribution < -0.4 is 10.7 Å². The van der Waals surface area contributed by atoms with Crippen LogP contribution in [0.25, 0.3) is 11.1 Å². The van der Waals surface area contributed by atoms with Gasteiger partial charge in [-0.15, -0.1) is 0 Å². The number of hydrogen-bond donors (Lipinski definition) is 3. The van der Waals surface area contributed by atoms with Crippen LogP contribution >= 0.6 is 15.9 Å². The highest BCUT2D eigenvalue weighted by atomic mass is 79.9. The van der Waals surface area contributed by atoms with Crippen molar-refractivity contribution in [2.45, 2.75) is 77.9 Å². The Bertz CT molecular complexity index is 1480. The van der Waals surface area contributed by atoms with E-state index in [1.165, 1.54) is 17.1 Å². The van der Waals surface area contributed by atoms with Crippen LogP contribution in [-0.4, -0.2) is 38.4 Å². The smallest absolute Gasteiger partial charge is 0.241 e. The molecule has 0 radical (unpaired) electrons. The molecule has 2 amide bonds. The van der Waals surface area contributed by atoms with E-state index in [0.717, 1.165) is 28.0 Å². The maximum absolute atomic E-state index is 14.5. The number of H-pyrrole nitrogens is 1. The Kier molecular flexibility index (Phi) is 9.45. The van der Waals surface area contributed by atoms with Gasteiger partial charge in [0.05, 0.1) is 18.3 Å². The molecule has 0 fully saturated rings. The summed E-state index contributed by atoms with van der Waals surface area (Å²) in [5.74, 6) is 0.598. The molecule has 1 aliphatic rings. The van der Waals surface area contributed by atoms with Gasteiger partial charge in [-0.25, -0.2) is 4.39 Å². The van der Waals surface area contributed by atoms with Gasteiger partial charge in [-0.1, -0.05) is 86.4 Å². The Hall–Kier alpha value is -3.66. The fraction of sp³-hybridized carbons (Fsp3) is 0.406. The third-order valence-electron chi connectivity index (χ3n) is 7.32. The van der Waals surface area contributed by atoms with Gasteiger partial charge in [-0.05, 0) is 54.2 Å². The van der Waals surface area contributed by atoms with Crippen LogP contribution in [0, 0.1) is 18.7 Å². The molecule has 42 heavy (non-hydrogen) atoms. The summed E-state index contributed by atoms with van der Waals surface area (Å²) in [6, 6.07) is 12.3. The zero-order valence-corrected chi connectivity index (χ0v) is 26.7. The summed E-state index contributed by atoms with van der Waals surface area (Å²) < 4.78 is 20.7. The molecular weight excluding hydrogens is 601 g/mol. The number of hydrazine groups is 1. The minimum absolute atomic E-state index is 0.0513. The number of alkyl halides is 1. The monoisotopic (exact) mass is 639 g/mol. The molecule has 1 aromatic heterocycles. The molecule has 10 heteroatoms. The first-order chi connectivity index (χ1) is 19.8. The molecule has 0 aliphatic carbocycles. The molecule has 2 heterocycles. The molecule has 0 bridgehead atoms. The molecule has 224 valence electrons. The van der Waals surface area contributed by atoms with Crippen molar-refractivity contribution in [3.05, 3.63) is 82.0 Å². The van der Waals surface area contributed by atoms with Crippen molar-refractivity contribution in [3.63, 3.8) is 0 Å². The highest BCUT2D eigenvalue weighted by Gasteiger charge is 2.34. The van der Waals surface area contributed by atoms with E-state index in [9.17, 15) is 14.0 Å². The van der Waals surface area contributed by atoms with Crippen LogP contribution in [0.15, 0.2) is 53.8 Å². The standard InChI is InChI=1S/C32H39BrFN5O3/c1-18(2)25-20(4)35-31(41)27(33)28(25)42-16-22-12-13-24(34)14-23(22)15-39(17-40)38-30-26(21-10-8-19(3)9-11-21)29(36-37-30)32(5,6)7/h8-14,17-18,20,27H,15-16H2,1-7H3,(H,35,41)(H2,36,37,38). The summed E-state index contributed by atoms with van der Waals surface area (Å²) in [5.41, 5.74) is 9.01. The van der Waals surface area contributed by atoms with Gasteiger partial charge in [0.15, 0.2) is 10.6 Å². The molecule has 3 aromatic rings. The van der Waals surface area contributed by atoms with E-state index in [0.29, 0.717) is 29.1 Å². The normalized spacial score (nSPS) is 17.3. The van der Waals surface area contributed by atoms with E-state index in [1.807, 2.05) is 52.0 Å². The van der Waals surface area contributed by atoms with E-state index < -0.39 is 10.6 Å². The Labute approximate surface area is 255 Å². The van der Waals surface area contributed by atoms with Crippen LogP contribution in [-0.2, 0) is 32.9 Å². The van der Waals surface area contributed by atoms with Crippen LogP contribution in [0.2, 0.25) is 0 Å². The fourth-order valence-corrected chi connectivity index (χ4v) is 5.74. The molecule has 0 saturated carbocycles. The SMILES string of the molecule is Cc1ccc(-c2c(NN(C=O)Cc3cc(F)ccc3COC3=C(C(C)C)C(C)NC(=O)C3Br)n[nH]c2C(C)(C)C)cc1. The van der Waals surface area contributed by atoms with Gasteiger partial charge in [0.25, 0.3) is 0 Å². The first-order valence-electron chi connectivity index (χ1n) is 14.0. The first-order valence-corrected chi connectivity index (χ1v) is 14.9. The average molecular weight is 641 g/mol. The van der Waals surface area contributed by atoms with Gasteiger partial charge < -0.3 is 10.1 Å². The van der Waals surface area contributed by atoms with Gasteiger partial charge in [0.2, 0.25) is 12.3 Å². The van der Waals surface area contributed by atoms with Crippen molar-refractivity contribution in [3.8, 4) is 11.1 Å². The van der Waals surface area contributed by atoms with E-state index in [4.69, 9.17) is 4.74 Å². The maximum atomic E-state index is 14.5. The quantitative estimate of drug-likeness (QED) is 0.133. The number of aromatic nitrogens is 2. The van der Waals surface area contributed by atoms with Gasteiger partial charge in [0, 0.05) is 11.0 Å². The van der Waals surface area contributed by atoms with E-state index in [-0.39, 0.29) is 36.4 Å². The summed E-state index contributed by atoms with van der Waals surface area (Å²) in [6.07, 6.45) is 0.654. The molecule has 2 unspecified atom stereocenters. The lowest BCUT2D eigenvalue weighted by Crippen LogP contribution is -2.46. The number of benzene rings is 2. The minimum atomic E-state index is -0.625. The number of nitrogens with zero attached hydrogens (tertiary/aromatic N) is 2. The molecule has 0 saturated heterocycles. The molecule has 2 aromatic carbocycles. The predicted octanol–water partition coefficient (Wildman–Crippen LogP) is 6.52. The summed E-state index contributed by atoms with van der Waals surface area (Å²) >= 11 is 3.46. The number of carbonyl (C=O) groups is 2. The summed E-state index contributed by atoms with van der Waals surface area (Å²) in [4.78, 5) is 24.2. The molecule has 1 aliphatic heterocycles. The lowest BCUT2D eigenvalue weighted by atomic mass is 9.87. The van der Waals surface area contributed by atoms with Gasteiger partial charge in [-0.2, -0.15) is 5.10 Å². The van der Waals surface area contributed by atoms with Crippen molar-refractivity contribution in [2.24, 2.45) is 5.92 Å². The zero-order valence-electron chi connectivity index (χ0n) is 25.1. The summed E-state index contributed by atoms with van der Waals surface area (Å²) in [6.45, 7) is 14.5. The van der Waals surface area contributed by atoms with E-state index >= 15 is 0 Å². The molecule has 4 rings (SSSR count). The van der Waals surface area contributed by atoms with Crippen molar-refractivity contribution >= 4 is 34.1 Å². The van der Waals surface area contributed by atoms with Crippen molar-refractivity contribution in [1.82, 2.24) is 20.5 Å². The van der Waals surface area contributed by atoms with E-state index in [2.05, 4.69) is 57.6 Å². The van der Waals surface area contributed by atoms with Crippen molar-refractivity contribution in [2.75, 3.05) is 5.43 Å². The maximum Gasteiger partial charge on any atom is 0.241 e. The van der Waals surface area contributed by atoms with Gasteiger partial charge in [0.1, 0.15) is 18.2 Å². The van der Waals surface area contributed by atoms with Crippen LogP contribution in [0.5, 0.6) is 0 Å². The Morgan fingerprint density at radius 1 is 1.17 bits per heavy atom. The van der Waals surface area contributed by atoms with Crippen LogP contribution in [0.3, 0.4) is 0 Å². The second-order valence-corrected chi connectivity index (χ2v) is 13.0. The number of carbonyl (C=O) groups excluding carboxylic acids is 2. The Morgan fingerprint density at radius 2 is 1.86 bits per heavy atom. The lowest BCUT2D eigenvalue weighted by molar-refractivity contribution is -0.121. The first kappa shape index (κ1) is 31.3. The van der Waals surface area contributed by atoms with Crippen molar-refractivity contribution < 1.29 is 18.7 Å². The Balaban J connectivity index is 1.62. The van der Waals surface area contributed by atoms with Crippen LogP contribution in [0.4, 0.5) is 10.2 Å². The topological polar surface area (TPSA) is 99.4 Å². The number of nitrogens with one attached hydrogen (secondary N) is 3. The summed E-state index contributed by atoms with van der Waals surface area (Å²) in [7, 11) is 0. The number of hydrogen-bond acceptors (Lipinski definition) is 5. The van der Waals surface area contributed by atoms with Crippen LogP contribution in [0.1, 0.15) is 63.9 Å². The third kappa shape index (κ3) is 6.86. The average Bonchev–Trinajstić information content (AvgIpc) is 3.34. The number of amides is 2. The molecule has 8 nitrogen and oxygen atoms in total. The highest BCUT2D eigenvalue weighted by Crippen LogP contribution is 2.37. The minimum Gasteiger partial charge on any atom is -0.491 e. The second-order valence-electron chi connectivity index (χ2n) is 12.1. The van der Waals surface area contributed by atoms with Gasteiger partial charge in [-0.3, -0.25) is 25.1 Å². The number of aryl methyl sites for hydroxylation is 1. The number of rotatable bonds is 10. The third-order valence-corrected chi connectivity index (χ3v) is 8.15. The zero-order chi connectivity index (χ0) is 30.8. The number of aromatic amines is 1. The number of ether oxygens (including phenoxy) is 1.